The number of carbonyl (C=O) groups is 1. The normalized spacial score (nSPS) is 19.3. The van der Waals surface area contributed by atoms with Gasteiger partial charge in [0, 0.05) is 11.5 Å². The van der Waals surface area contributed by atoms with E-state index >= 15 is 0 Å². The molecule has 0 radical (unpaired) electrons. The summed E-state index contributed by atoms with van der Waals surface area (Å²) < 4.78 is 5.53. The summed E-state index contributed by atoms with van der Waals surface area (Å²) in [6, 6.07) is 5.11. The van der Waals surface area contributed by atoms with Gasteiger partial charge in [-0.1, -0.05) is 6.07 Å². The zero-order chi connectivity index (χ0) is 12.6. The molecule has 17 heavy (non-hydrogen) atoms. The van der Waals surface area contributed by atoms with E-state index in [0.29, 0.717) is 24.3 Å². The Bertz CT molecular complexity index is 451. The monoisotopic (exact) mass is 236 g/mol. The topological polar surface area (TPSA) is 66.8 Å². The number of hydrogen-bond acceptors (Lipinski definition) is 3. The molecule has 0 saturated heterocycles. The standard InChI is InChI=1S/C13H16O4/c1-13(2,12(15)16)8-6-9-10(14)4-3-5-11(9)17-7-8/h3-5,8,14H,6-7H2,1-2H3,(H,15,16). The number of phenols is 1. The molecule has 0 fully saturated rings. The minimum absolute atomic E-state index is 0.138. The Morgan fingerprint density at radius 2 is 2.18 bits per heavy atom. The van der Waals surface area contributed by atoms with Gasteiger partial charge in [0.15, 0.2) is 0 Å². The van der Waals surface area contributed by atoms with Crippen molar-refractivity contribution in [2.75, 3.05) is 6.61 Å². The lowest BCUT2D eigenvalue weighted by Gasteiger charge is -2.34. The second-order valence-corrected chi connectivity index (χ2v) is 4.99. The molecule has 0 bridgehead atoms. The van der Waals surface area contributed by atoms with E-state index in [9.17, 15) is 15.0 Å². The molecule has 1 atom stereocenters. The maximum absolute atomic E-state index is 11.2. The fourth-order valence-electron chi connectivity index (χ4n) is 2.03. The number of benzene rings is 1. The van der Waals surface area contributed by atoms with Crippen molar-refractivity contribution < 1.29 is 19.7 Å². The molecule has 2 rings (SSSR count). The van der Waals surface area contributed by atoms with Gasteiger partial charge in [0.25, 0.3) is 0 Å². The molecule has 1 aromatic carbocycles. The third-order valence-corrected chi connectivity index (χ3v) is 3.57. The average molecular weight is 236 g/mol. The molecule has 2 N–H and O–H groups in total. The van der Waals surface area contributed by atoms with Crippen molar-refractivity contribution in [2.45, 2.75) is 20.3 Å². The quantitative estimate of drug-likeness (QED) is 0.824. The number of rotatable bonds is 2. The van der Waals surface area contributed by atoms with Gasteiger partial charge in [-0.15, -0.1) is 0 Å². The van der Waals surface area contributed by atoms with Crippen molar-refractivity contribution in [3.8, 4) is 11.5 Å². The summed E-state index contributed by atoms with van der Waals surface area (Å²) in [5.74, 6) is -0.151. The van der Waals surface area contributed by atoms with Crippen LogP contribution in [0.2, 0.25) is 0 Å². The first-order valence-corrected chi connectivity index (χ1v) is 5.60. The summed E-state index contributed by atoms with van der Waals surface area (Å²) in [7, 11) is 0. The van der Waals surface area contributed by atoms with E-state index in [1.807, 2.05) is 0 Å². The molecule has 0 saturated carbocycles. The van der Waals surface area contributed by atoms with E-state index in [4.69, 9.17) is 4.74 Å². The van der Waals surface area contributed by atoms with Crippen molar-refractivity contribution in [2.24, 2.45) is 11.3 Å². The molecule has 1 heterocycles. The van der Waals surface area contributed by atoms with E-state index in [1.54, 1.807) is 32.0 Å². The Labute approximate surface area is 99.8 Å². The number of aromatic hydroxyl groups is 1. The van der Waals surface area contributed by atoms with Gasteiger partial charge < -0.3 is 14.9 Å². The average Bonchev–Trinajstić information content (AvgIpc) is 2.29. The lowest BCUT2D eigenvalue weighted by Crippen LogP contribution is -2.39. The van der Waals surface area contributed by atoms with Crippen LogP contribution >= 0.6 is 0 Å². The first-order valence-electron chi connectivity index (χ1n) is 5.60. The molecular formula is C13H16O4. The number of carboxylic acid groups (broad SMARTS) is 1. The Morgan fingerprint density at radius 3 is 2.82 bits per heavy atom. The highest BCUT2D eigenvalue weighted by atomic mass is 16.5. The van der Waals surface area contributed by atoms with Gasteiger partial charge in [-0.05, 0) is 32.4 Å². The van der Waals surface area contributed by atoms with E-state index in [1.165, 1.54) is 0 Å². The van der Waals surface area contributed by atoms with Crippen LogP contribution in [0.4, 0.5) is 0 Å². The van der Waals surface area contributed by atoms with E-state index in [2.05, 4.69) is 0 Å². The lowest BCUT2D eigenvalue weighted by atomic mass is 9.75. The third-order valence-electron chi connectivity index (χ3n) is 3.57. The van der Waals surface area contributed by atoms with Gasteiger partial charge in [0.2, 0.25) is 0 Å². The minimum Gasteiger partial charge on any atom is -0.508 e. The van der Waals surface area contributed by atoms with Crippen LogP contribution in [0.5, 0.6) is 11.5 Å². The SMILES string of the molecule is CC(C)(C(=O)O)C1COc2cccc(O)c2C1. The van der Waals surface area contributed by atoms with Gasteiger partial charge >= 0.3 is 5.97 Å². The van der Waals surface area contributed by atoms with Crippen LogP contribution in [0.25, 0.3) is 0 Å². The summed E-state index contributed by atoms with van der Waals surface area (Å²) in [5, 5.41) is 18.9. The maximum atomic E-state index is 11.2. The zero-order valence-electron chi connectivity index (χ0n) is 9.93. The molecule has 0 spiro atoms. The zero-order valence-corrected chi connectivity index (χ0v) is 9.93. The second-order valence-electron chi connectivity index (χ2n) is 4.99. The first kappa shape index (κ1) is 11.8. The molecule has 0 amide bonds. The van der Waals surface area contributed by atoms with Crippen molar-refractivity contribution >= 4 is 5.97 Å². The molecule has 0 aromatic heterocycles. The molecule has 1 unspecified atom stereocenters. The molecular weight excluding hydrogens is 220 g/mol. The highest BCUT2D eigenvalue weighted by Gasteiger charge is 2.40. The third kappa shape index (κ3) is 1.95. The Hall–Kier alpha value is -1.71. The minimum atomic E-state index is -0.861. The summed E-state index contributed by atoms with van der Waals surface area (Å²) in [4.78, 5) is 11.2. The van der Waals surface area contributed by atoms with Crippen LogP contribution in [0.15, 0.2) is 18.2 Å². The Balaban J connectivity index is 2.30. The number of ether oxygens (including phenoxy) is 1. The van der Waals surface area contributed by atoms with Gasteiger partial charge in [-0.3, -0.25) is 4.79 Å². The molecule has 1 aliphatic rings. The van der Waals surface area contributed by atoms with Gasteiger partial charge in [0.05, 0.1) is 12.0 Å². The van der Waals surface area contributed by atoms with Crippen LogP contribution in [-0.2, 0) is 11.2 Å². The maximum Gasteiger partial charge on any atom is 0.309 e. The Kier molecular flexibility index (Phi) is 2.73. The van der Waals surface area contributed by atoms with Crippen molar-refractivity contribution in [3.05, 3.63) is 23.8 Å². The van der Waals surface area contributed by atoms with Crippen LogP contribution in [0.3, 0.4) is 0 Å². The summed E-state index contributed by atoms with van der Waals surface area (Å²) in [6.45, 7) is 3.75. The van der Waals surface area contributed by atoms with Crippen molar-refractivity contribution in [3.63, 3.8) is 0 Å². The summed E-state index contributed by atoms with van der Waals surface area (Å²) in [6.07, 6.45) is 0.529. The molecule has 1 aliphatic heterocycles. The second kappa shape index (κ2) is 3.95. The predicted molar refractivity (Wildman–Crippen MR) is 62.2 cm³/mol. The van der Waals surface area contributed by atoms with E-state index < -0.39 is 11.4 Å². The molecule has 4 heteroatoms. The van der Waals surface area contributed by atoms with Gasteiger partial charge in [-0.2, -0.15) is 0 Å². The number of aliphatic carboxylic acids is 1. The van der Waals surface area contributed by atoms with Gasteiger partial charge in [0.1, 0.15) is 11.5 Å². The fourth-order valence-corrected chi connectivity index (χ4v) is 2.03. The fraction of sp³-hybridized carbons (Fsp3) is 0.462. The van der Waals surface area contributed by atoms with E-state index in [-0.39, 0.29) is 11.7 Å². The molecule has 4 nitrogen and oxygen atoms in total. The number of phenolic OH excluding ortho intramolecular Hbond substituents is 1. The summed E-state index contributed by atoms with van der Waals surface area (Å²) >= 11 is 0. The lowest BCUT2D eigenvalue weighted by molar-refractivity contribution is -0.151. The number of carboxylic acids is 1. The predicted octanol–water partition coefficient (Wildman–Crippen LogP) is 2.05. The van der Waals surface area contributed by atoms with Gasteiger partial charge in [-0.25, -0.2) is 0 Å². The highest BCUT2D eigenvalue weighted by molar-refractivity contribution is 5.74. The molecule has 0 aliphatic carbocycles. The van der Waals surface area contributed by atoms with Crippen molar-refractivity contribution in [1.82, 2.24) is 0 Å². The van der Waals surface area contributed by atoms with Crippen LogP contribution in [0.1, 0.15) is 19.4 Å². The smallest absolute Gasteiger partial charge is 0.309 e. The first-order chi connectivity index (χ1) is 7.93. The number of fused-ring (bicyclic) bond motifs is 1. The van der Waals surface area contributed by atoms with Crippen molar-refractivity contribution in [1.29, 1.82) is 0 Å². The molecule has 1 aromatic rings. The van der Waals surface area contributed by atoms with E-state index in [0.717, 1.165) is 0 Å². The van der Waals surface area contributed by atoms with Crippen LogP contribution < -0.4 is 4.74 Å². The Morgan fingerprint density at radius 1 is 1.47 bits per heavy atom. The van der Waals surface area contributed by atoms with Crippen LogP contribution in [-0.4, -0.2) is 22.8 Å². The highest BCUT2D eigenvalue weighted by Crippen LogP contribution is 2.40. The largest absolute Gasteiger partial charge is 0.508 e. The number of hydrogen-bond donors (Lipinski definition) is 2. The van der Waals surface area contributed by atoms with Crippen LogP contribution in [0, 0.1) is 11.3 Å². The molecule has 92 valence electrons. The summed E-state index contributed by atoms with van der Waals surface area (Å²) in [5.41, 5.74) is -0.155.